The average molecular weight is 892 g/mol. The Kier molecular flexibility index (Phi) is 9.92. The monoisotopic (exact) mass is 891 g/mol. The van der Waals surface area contributed by atoms with Crippen molar-refractivity contribution in [3.8, 4) is 55.6 Å². The van der Waals surface area contributed by atoms with Gasteiger partial charge in [-0.2, -0.15) is 0 Å². The summed E-state index contributed by atoms with van der Waals surface area (Å²) in [6.07, 6.45) is 0. The molecule has 0 radical (unpaired) electrons. The van der Waals surface area contributed by atoms with E-state index in [1.807, 2.05) is 0 Å². The summed E-state index contributed by atoms with van der Waals surface area (Å²) in [5.74, 6) is 0. The predicted molar refractivity (Wildman–Crippen MR) is 292 cm³/mol. The van der Waals surface area contributed by atoms with Gasteiger partial charge in [-0.05, 0) is 144 Å². The molecule has 0 spiro atoms. The number of rotatable bonds is 9. The molecule has 13 rings (SSSR count). The van der Waals surface area contributed by atoms with Gasteiger partial charge in [0.15, 0.2) is 0 Å². The van der Waals surface area contributed by atoms with E-state index in [4.69, 9.17) is 0 Å². The van der Waals surface area contributed by atoms with E-state index >= 15 is 0 Å². The second-order valence-electron chi connectivity index (χ2n) is 18.9. The zero-order chi connectivity index (χ0) is 46.7. The molecule has 1 nitrogen and oxygen atoms in total. The molecule has 1 atom stereocenters. The maximum atomic E-state index is 2.52. The van der Waals surface area contributed by atoms with Crippen molar-refractivity contribution in [3.63, 3.8) is 0 Å². The molecular weight excluding hydrogens is 843 g/mol. The Labute approximate surface area is 411 Å². The first-order valence-electron chi connectivity index (χ1n) is 24.4. The van der Waals surface area contributed by atoms with Crippen molar-refractivity contribution in [2.24, 2.45) is 0 Å². The van der Waals surface area contributed by atoms with Crippen LogP contribution in [0.5, 0.6) is 0 Å². The van der Waals surface area contributed by atoms with Gasteiger partial charge >= 0.3 is 0 Å². The number of nitrogens with zero attached hydrogens (tertiary/aromatic N) is 1. The molecule has 0 saturated heterocycles. The van der Waals surface area contributed by atoms with Gasteiger partial charge in [0.05, 0.1) is 11.1 Å². The minimum Gasteiger partial charge on any atom is -0.310 e. The van der Waals surface area contributed by atoms with Gasteiger partial charge in [-0.3, -0.25) is 0 Å². The molecule has 1 heteroatoms. The van der Waals surface area contributed by atoms with Gasteiger partial charge in [0.25, 0.3) is 0 Å². The van der Waals surface area contributed by atoms with E-state index < -0.39 is 5.41 Å². The molecule has 0 fully saturated rings. The smallest absolute Gasteiger partial charge is 0.0714 e. The third-order valence-corrected chi connectivity index (χ3v) is 15.2. The summed E-state index contributed by atoms with van der Waals surface area (Å²) in [7, 11) is 0. The molecule has 11 aromatic carbocycles. The summed E-state index contributed by atoms with van der Waals surface area (Å²) in [4.78, 5) is 2.52. The number of anilines is 3. The second-order valence-corrected chi connectivity index (χ2v) is 18.9. The molecule has 1 unspecified atom stereocenters. The minimum absolute atomic E-state index is 0.361. The number of benzene rings is 11. The Morgan fingerprint density at radius 1 is 0.271 bits per heavy atom. The summed E-state index contributed by atoms with van der Waals surface area (Å²) in [5, 5.41) is 0. The topological polar surface area (TPSA) is 3.24 Å². The van der Waals surface area contributed by atoms with Gasteiger partial charge in [0.2, 0.25) is 0 Å². The molecule has 0 bridgehead atoms. The third-order valence-electron chi connectivity index (χ3n) is 15.2. The van der Waals surface area contributed by atoms with Crippen LogP contribution in [0.3, 0.4) is 0 Å². The lowest BCUT2D eigenvalue weighted by atomic mass is 9.68. The lowest BCUT2D eigenvalue weighted by Gasteiger charge is -2.34. The van der Waals surface area contributed by atoms with Crippen LogP contribution in [0.4, 0.5) is 17.1 Å². The van der Waals surface area contributed by atoms with Crippen LogP contribution < -0.4 is 4.90 Å². The van der Waals surface area contributed by atoms with Crippen LogP contribution in [0.25, 0.3) is 55.6 Å². The normalized spacial score (nSPS) is 14.8. The van der Waals surface area contributed by atoms with Crippen molar-refractivity contribution in [1.82, 2.24) is 0 Å². The molecule has 0 aromatic heterocycles. The fourth-order valence-corrected chi connectivity index (χ4v) is 12.0. The Morgan fingerprint density at radius 2 is 0.700 bits per heavy atom. The SMILES string of the molecule is CC1(c2ccccc2)c2ccccc2-c2ccc(N(c3ccc(-c4cc(-c5ccccc5)cc(-c5ccccc5)c4)cc3)c3cccc4c3-c3ccccc3C4(c3ccccc3)c3ccccc3)cc21. The lowest BCUT2D eigenvalue weighted by Crippen LogP contribution is -2.28. The van der Waals surface area contributed by atoms with E-state index in [1.54, 1.807) is 0 Å². The Balaban J connectivity index is 1.05. The largest absolute Gasteiger partial charge is 0.310 e. The van der Waals surface area contributed by atoms with Gasteiger partial charge in [-0.15, -0.1) is 0 Å². The van der Waals surface area contributed by atoms with Crippen LogP contribution in [0.15, 0.2) is 279 Å². The highest BCUT2D eigenvalue weighted by Crippen LogP contribution is 2.60. The Hall–Kier alpha value is -8.78. The van der Waals surface area contributed by atoms with E-state index in [-0.39, 0.29) is 5.41 Å². The van der Waals surface area contributed by atoms with Crippen LogP contribution in [0.1, 0.15) is 45.9 Å². The van der Waals surface area contributed by atoms with Crippen molar-refractivity contribution < 1.29 is 0 Å². The molecule has 2 aliphatic carbocycles. The second kappa shape index (κ2) is 16.8. The van der Waals surface area contributed by atoms with E-state index in [0.717, 1.165) is 22.6 Å². The molecule has 0 N–H and O–H groups in total. The van der Waals surface area contributed by atoms with E-state index in [0.29, 0.717) is 0 Å². The number of hydrogen-bond acceptors (Lipinski definition) is 1. The molecule has 330 valence electrons. The van der Waals surface area contributed by atoms with Gasteiger partial charge in [-0.1, -0.05) is 231 Å². The van der Waals surface area contributed by atoms with Crippen molar-refractivity contribution in [2.75, 3.05) is 4.90 Å². The molecule has 0 aliphatic heterocycles. The van der Waals surface area contributed by atoms with E-state index in [1.165, 1.54) is 89.0 Å². The number of fused-ring (bicyclic) bond motifs is 6. The van der Waals surface area contributed by atoms with Gasteiger partial charge < -0.3 is 4.90 Å². The van der Waals surface area contributed by atoms with Crippen LogP contribution >= 0.6 is 0 Å². The van der Waals surface area contributed by atoms with E-state index in [9.17, 15) is 0 Å². The maximum absolute atomic E-state index is 2.52. The minimum atomic E-state index is -0.536. The fraction of sp³-hybridized carbons (Fsp3) is 0.0435. The molecule has 0 saturated carbocycles. The van der Waals surface area contributed by atoms with Crippen LogP contribution in [-0.4, -0.2) is 0 Å². The first-order valence-corrected chi connectivity index (χ1v) is 24.4. The fourth-order valence-electron chi connectivity index (χ4n) is 12.0. The van der Waals surface area contributed by atoms with Crippen molar-refractivity contribution in [2.45, 2.75) is 17.8 Å². The predicted octanol–water partition coefficient (Wildman–Crippen LogP) is 17.9. The highest BCUT2D eigenvalue weighted by molar-refractivity contribution is 5.98. The molecule has 0 heterocycles. The van der Waals surface area contributed by atoms with E-state index in [2.05, 4.69) is 291 Å². The number of hydrogen-bond donors (Lipinski definition) is 0. The summed E-state index contributed by atoms with van der Waals surface area (Å²) in [6, 6.07) is 103. The Morgan fingerprint density at radius 3 is 1.27 bits per heavy atom. The molecule has 70 heavy (non-hydrogen) atoms. The van der Waals surface area contributed by atoms with Crippen molar-refractivity contribution >= 4 is 17.1 Å². The third kappa shape index (κ3) is 6.46. The highest BCUT2D eigenvalue weighted by atomic mass is 15.1. The molecule has 0 amide bonds. The quantitative estimate of drug-likeness (QED) is 0.140. The zero-order valence-electron chi connectivity index (χ0n) is 39.0. The Bertz CT molecular complexity index is 3600. The maximum Gasteiger partial charge on any atom is 0.0714 e. The first kappa shape index (κ1) is 41.4. The van der Waals surface area contributed by atoms with Crippen LogP contribution in [0.2, 0.25) is 0 Å². The zero-order valence-corrected chi connectivity index (χ0v) is 39.0. The molecular formula is C69H49N. The van der Waals surface area contributed by atoms with Crippen LogP contribution in [0, 0.1) is 0 Å². The summed E-state index contributed by atoms with van der Waals surface area (Å²) >= 11 is 0. The summed E-state index contributed by atoms with van der Waals surface area (Å²) in [6.45, 7) is 2.41. The van der Waals surface area contributed by atoms with Gasteiger partial charge in [-0.25, -0.2) is 0 Å². The average Bonchev–Trinajstić information content (AvgIpc) is 3.89. The van der Waals surface area contributed by atoms with Gasteiger partial charge in [0, 0.05) is 22.4 Å². The summed E-state index contributed by atoms with van der Waals surface area (Å²) in [5.41, 5.74) is 23.6. The first-order chi connectivity index (χ1) is 34.6. The highest BCUT2D eigenvalue weighted by Gasteiger charge is 2.47. The van der Waals surface area contributed by atoms with Crippen LogP contribution in [-0.2, 0) is 10.8 Å². The van der Waals surface area contributed by atoms with Crippen molar-refractivity contribution in [1.29, 1.82) is 0 Å². The molecule has 2 aliphatic rings. The van der Waals surface area contributed by atoms with Crippen molar-refractivity contribution in [3.05, 3.63) is 318 Å². The van der Waals surface area contributed by atoms with Gasteiger partial charge in [0.1, 0.15) is 0 Å². The standard InChI is InChI=1S/C69H49N/c1-68(54-26-11-4-12-27-54)62-34-19-17-32-59(62)60-43-42-58(47-65(60)68)70(57-40-38-50(39-41-57)53-45-51(48-22-7-2-8-23-48)44-52(46-53)49-24-9-3-10-25-49)66-37-21-36-64-67(66)61-33-18-20-35-63(61)69(64,55-28-13-5-14-29-55)56-30-15-6-16-31-56/h2-47H,1H3. The lowest BCUT2D eigenvalue weighted by molar-refractivity contribution is 0.714. The molecule has 11 aromatic rings. The summed E-state index contributed by atoms with van der Waals surface area (Å²) < 4.78 is 0.